The molecule has 0 amide bonds. The second-order valence-electron chi connectivity index (χ2n) is 5.38. The van der Waals surface area contributed by atoms with Crippen molar-refractivity contribution in [1.82, 2.24) is 4.98 Å². The number of esters is 1. The number of benzene rings is 2. The standard InChI is InChI=1S/C19H12ClFN2O3S/c20-16-7-12(9-22)1-6-17(16)26-19(24)8-14-11-27-18(23-14)10-25-15-4-2-13(21)3-5-15/h1-7,11H,8,10H2. The Kier molecular flexibility index (Phi) is 6.01. The molecule has 0 atom stereocenters. The number of halogens is 2. The minimum Gasteiger partial charge on any atom is -0.486 e. The molecule has 0 spiro atoms. The third-order valence-electron chi connectivity index (χ3n) is 3.39. The van der Waals surface area contributed by atoms with Gasteiger partial charge in [-0.05, 0) is 42.5 Å². The molecule has 0 saturated carbocycles. The number of carbonyl (C=O) groups is 1. The first kappa shape index (κ1) is 18.8. The Morgan fingerprint density at radius 3 is 2.74 bits per heavy atom. The maximum atomic E-state index is 12.9. The van der Waals surface area contributed by atoms with Crippen LogP contribution in [0.25, 0.3) is 0 Å². The molecule has 3 rings (SSSR count). The lowest BCUT2D eigenvalue weighted by molar-refractivity contribution is -0.133. The van der Waals surface area contributed by atoms with Crippen molar-refractivity contribution in [3.63, 3.8) is 0 Å². The number of rotatable bonds is 6. The topological polar surface area (TPSA) is 72.2 Å². The van der Waals surface area contributed by atoms with Gasteiger partial charge in [0.25, 0.3) is 0 Å². The maximum absolute atomic E-state index is 12.9. The van der Waals surface area contributed by atoms with E-state index in [-0.39, 0.29) is 29.6 Å². The molecule has 3 aromatic rings. The fourth-order valence-corrected chi connectivity index (χ4v) is 3.06. The van der Waals surface area contributed by atoms with Crippen LogP contribution < -0.4 is 9.47 Å². The van der Waals surface area contributed by atoms with E-state index in [1.807, 2.05) is 6.07 Å². The van der Waals surface area contributed by atoms with Crippen LogP contribution in [-0.2, 0) is 17.8 Å². The van der Waals surface area contributed by atoms with Crippen molar-refractivity contribution in [3.8, 4) is 17.6 Å². The lowest BCUT2D eigenvalue weighted by Crippen LogP contribution is -2.12. The summed E-state index contributed by atoms with van der Waals surface area (Å²) >= 11 is 7.33. The Morgan fingerprint density at radius 1 is 1.26 bits per heavy atom. The molecule has 0 aliphatic heterocycles. The Balaban J connectivity index is 1.54. The van der Waals surface area contributed by atoms with Gasteiger partial charge in [-0.15, -0.1) is 11.3 Å². The van der Waals surface area contributed by atoms with Crippen molar-refractivity contribution < 1.29 is 18.7 Å². The molecule has 136 valence electrons. The summed E-state index contributed by atoms with van der Waals surface area (Å²) < 4.78 is 23.6. The Morgan fingerprint density at radius 2 is 2.04 bits per heavy atom. The molecule has 2 aromatic carbocycles. The Labute approximate surface area is 163 Å². The molecular weight excluding hydrogens is 391 g/mol. The minimum atomic E-state index is -0.516. The van der Waals surface area contributed by atoms with E-state index < -0.39 is 5.97 Å². The third kappa shape index (κ3) is 5.26. The molecular formula is C19H12ClFN2O3S. The Hall–Kier alpha value is -2.95. The molecule has 0 bridgehead atoms. The van der Waals surface area contributed by atoms with Crippen molar-refractivity contribution >= 4 is 28.9 Å². The molecule has 0 unspecified atom stereocenters. The van der Waals surface area contributed by atoms with Gasteiger partial charge in [0.1, 0.15) is 28.9 Å². The lowest BCUT2D eigenvalue weighted by atomic mass is 10.2. The summed E-state index contributed by atoms with van der Waals surface area (Å²) in [5, 5.41) is 11.4. The number of thiazole rings is 1. The third-order valence-corrected chi connectivity index (χ3v) is 4.55. The zero-order valence-electron chi connectivity index (χ0n) is 13.8. The van der Waals surface area contributed by atoms with Crippen LogP contribution in [0.3, 0.4) is 0 Å². The summed E-state index contributed by atoms with van der Waals surface area (Å²) in [5.41, 5.74) is 0.928. The van der Waals surface area contributed by atoms with Gasteiger partial charge in [-0.3, -0.25) is 4.79 Å². The van der Waals surface area contributed by atoms with E-state index in [1.54, 1.807) is 5.38 Å². The molecule has 8 heteroatoms. The number of hydrogen-bond donors (Lipinski definition) is 0. The van der Waals surface area contributed by atoms with Crippen LogP contribution >= 0.6 is 22.9 Å². The fourth-order valence-electron chi connectivity index (χ4n) is 2.13. The smallest absolute Gasteiger partial charge is 0.317 e. The van der Waals surface area contributed by atoms with Crippen LogP contribution in [0.4, 0.5) is 4.39 Å². The van der Waals surface area contributed by atoms with Crippen LogP contribution in [0, 0.1) is 17.1 Å². The van der Waals surface area contributed by atoms with E-state index in [9.17, 15) is 9.18 Å². The minimum absolute atomic E-state index is 0.0244. The van der Waals surface area contributed by atoms with Crippen LogP contribution in [0.2, 0.25) is 5.02 Å². The molecule has 1 heterocycles. The zero-order valence-corrected chi connectivity index (χ0v) is 15.4. The van der Waals surface area contributed by atoms with E-state index in [4.69, 9.17) is 26.3 Å². The van der Waals surface area contributed by atoms with E-state index in [1.165, 1.54) is 53.8 Å². The average Bonchev–Trinajstić information content (AvgIpc) is 3.10. The molecule has 0 saturated heterocycles. The summed E-state index contributed by atoms with van der Waals surface area (Å²) in [5.74, 6) is -0.128. The van der Waals surface area contributed by atoms with Crippen LogP contribution in [0.5, 0.6) is 11.5 Å². The van der Waals surface area contributed by atoms with Crippen molar-refractivity contribution in [1.29, 1.82) is 5.26 Å². The van der Waals surface area contributed by atoms with Gasteiger partial charge >= 0.3 is 5.97 Å². The largest absolute Gasteiger partial charge is 0.486 e. The molecule has 0 N–H and O–H groups in total. The first-order valence-electron chi connectivity index (χ1n) is 7.75. The van der Waals surface area contributed by atoms with Crippen molar-refractivity contribution in [3.05, 3.63) is 74.9 Å². The summed E-state index contributed by atoms with van der Waals surface area (Å²) in [4.78, 5) is 16.4. The number of aromatic nitrogens is 1. The SMILES string of the molecule is N#Cc1ccc(OC(=O)Cc2csc(COc3ccc(F)cc3)n2)c(Cl)c1. The number of nitriles is 1. The Bertz CT molecular complexity index is 999. The molecule has 0 aliphatic carbocycles. The summed E-state index contributed by atoms with van der Waals surface area (Å²) in [6, 6.07) is 12.1. The molecule has 5 nitrogen and oxygen atoms in total. The molecule has 0 radical (unpaired) electrons. The van der Waals surface area contributed by atoms with Gasteiger partial charge in [-0.1, -0.05) is 11.6 Å². The average molecular weight is 403 g/mol. The quantitative estimate of drug-likeness (QED) is 0.447. The molecule has 0 aliphatic rings. The number of ether oxygens (including phenoxy) is 2. The maximum Gasteiger partial charge on any atom is 0.317 e. The van der Waals surface area contributed by atoms with E-state index in [0.29, 0.717) is 22.0 Å². The first-order valence-corrected chi connectivity index (χ1v) is 9.01. The van der Waals surface area contributed by atoms with Crippen molar-refractivity contribution in [2.24, 2.45) is 0 Å². The van der Waals surface area contributed by atoms with Gasteiger partial charge in [0.15, 0.2) is 0 Å². The van der Waals surface area contributed by atoms with Crippen LogP contribution in [0.15, 0.2) is 47.8 Å². The van der Waals surface area contributed by atoms with Crippen molar-refractivity contribution in [2.45, 2.75) is 13.0 Å². The van der Waals surface area contributed by atoms with Gasteiger partial charge in [-0.25, -0.2) is 9.37 Å². The predicted molar refractivity (Wildman–Crippen MR) is 98.4 cm³/mol. The number of nitrogens with zero attached hydrogens (tertiary/aromatic N) is 2. The van der Waals surface area contributed by atoms with Gasteiger partial charge in [0, 0.05) is 5.38 Å². The van der Waals surface area contributed by atoms with Gasteiger partial charge in [-0.2, -0.15) is 5.26 Å². The van der Waals surface area contributed by atoms with Crippen LogP contribution in [0.1, 0.15) is 16.3 Å². The summed E-state index contributed by atoms with van der Waals surface area (Å²) in [7, 11) is 0. The second kappa shape index (κ2) is 8.62. The summed E-state index contributed by atoms with van der Waals surface area (Å²) in [6.07, 6.45) is -0.0244. The van der Waals surface area contributed by atoms with Crippen molar-refractivity contribution in [2.75, 3.05) is 0 Å². The van der Waals surface area contributed by atoms with Gasteiger partial charge < -0.3 is 9.47 Å². The lowest BCUT2D eigenvalue weighted by Gasteiger charge is -2.05. The highest BCUT2D eigenvalue weighted by atomic mass is 35.5. The van der Waals surface area contributed by atoms with Crippen LogP contribution in [-0.4, -0.2) is 11.0 Å². The highest BCUT2D eigenvalue weighted by molar-refractivity contribution is 7.09. The second-order valence-corrected chi connectivity index (χ2v) is 6.73. The molecule has 1 aromatic heterocycles. The highest BCUT2D eigenvalue weighted by Gasteiger charge is 2.13. The normalized spacial score (nSPS) is 10.3. The van der Waals surface area contributed by atoms with E-state index in [0.717, 1.165) is 0 Å². The zero-order chi connectivity index (χ0) is 19.2. The van der Waals surface area contributed by atoms with Gasteiger partial charge in [0.05, 0.1) is 28.8 Å². The fraction of sp³-hybridized carbons (Fsp3) is 0.105. The monoisotopic (exact) mass is 402 g/mol. The summed E-state index contributed by atoms with van der Waals surface area (Å²) in [6.45, 7) is 0.215. The predicted octanol–water partition coefficient (Wildman–Crippen LogP) is 4.53. The van der Waals surface area contributed by atoms with E-state index in [2.05, 4.69) is 4.98 Å². The van der Waals surface area contributed by atoms with E-state index >= 15 is 0 Å². The first-order chi connectivity index (χ1) is 13.0. The molecule has 0 fully saturated rings. The number of carbonyl (C=O) groups excluding carboxylic acids is 1. The number of hydrogen-bond acceptors (Lipinski definition) is 6. The van der Waals surface area contributed by atoms with Gasteiger partial charge in [0.2, 0.25) is 0 Å². The highest BCUT2D eigenvalue weighted by Crippen LogP contribution is 2.25. The molecule has 27 heavy (non-hydrogen) atoms.